The fourth-order valence-electron chi connectivity index (χ4n) is 9.77. The minimum atomic E-state index is -0.118. The summed E-state index contributed by atoms with van der Waals surface area (Å²) < 4.78 is 0. The van der Waals surface area contributed by atoms with Gasteiger partial charge in [-0.15, -0.1) is 0 Å². The summed E-state index contributed by atoms with van der Waals surface area (Å²) >= 11 is 0. The fraction of sp³-hybridized carbons (Fsp3) is 0.0566. The normalized spacial score (nSPS) is 13.2. The van der Waals surface area contributed by atoms with E-state index in [0.29, 0.717) is 0 Å². The highest BCUT2D eigenvalue weighted by molar-refractivity contribution is 6.24. The van der Waals surface area contributed by atoms with Crippen LogP contribution in [-0.2, 0) is 5.41 Å². The Morgan fingerprint density at radius 1 is 0.283 bits per heavy atom. The summed E-state index contributed by atoms with van der Waals surface area (Å²) in [6, 6.07) is 67.7. The monoisotopic (exact) mass is 672 g/mol. The van der Waals surface area contributed by atoms with Crippen LogP contribution in [0.1, 0.15) is 25.0 Å². The first-order chi connectivity index (χ1) is 26.1. The molecule has 0 N–H and O–H groups in total. The summed E-state index contributed by atoms with van der Waals surface area (Å²) in [5, 5.41) is 13.0. The van der Waals surface area contributed by atoms with E-state index in [1.54, 1.807) is 0 Å². The molecule has 0 fully saturated rings. The second-order valence-electron chi connectivity index (χ2n) is 15.1. The predicted molar refractivity (Wildman–Crippen MR) is 228 cm³/mol. The third-order valence-electron chi connectivity index (χ3n) is 12.0. The van der Waals surface area contributed by atoms with Gasteiger partial charge in [-0.1, -0.05) is 190 Å². The van der Waals surface area contributed by atoms with Gasteiger partial charge in [0.15, 0.2) is 0 Å². The highest BCUT2D eigenvalue weighted by atomic mass is 14.4. The Morgan fingerprint density at radius 3 is 1.32 bits per heavy atom. The zero-order valence-electron chi connectivity index (χ0n) is 29.8. The maximum Gasteiger partial charge on any atom is 0.0165 e. The van der Waals surface area contributed by atoms with E-state index in [4.69, 9.17) is 0 Å². The lowest BCUT2D eigenvalue weighted by Crippen LogP contribution is -2.15. The van der Waals surface area contributed by atoms with Gasteiger partial charge in [0.1, 0.15) is 0 Å². The molecule has 0 amide bonds. The van der Waals surface area contributed by atoms with Crippen molar-refractivity contribution in [1.29, 1.82) is 0 Å². The number of benzene rings is 10. The van der Waals surface area contributed by atoms with Crippen molar-refractivity contribution in [1.82, 2.24) is 0 Å². The molecular weight excluding hydrogens is 637 g/mol. The summed E-state index contributed by atoms with van der Waals surface area (Å²) in [5.41, 5.74) is 13.1. The number of rotatable bonds is 3. The summed E-state index contributed by atoms with van der Waals surface area (Å²) in [6.07, 6.45) is 0. The van der Waals surface area contributed by atoms with Gasteiger partial charge in [0.2, 0.25) is 0 Å². The van der Waals surface area contributed by atoms with Crippen LogP contribution in [0.25, 0.3) is 98.4 Å². The molecule has 0 heteroatoms. The van der Waals surface area contributed by atoms with E-state index in [2.05, 4.69) is 196 Å². The van der Waals surface area contributed by atoms with Crippen LogP contribution in [0.4, 0.5) is 0 Å². The van der Waals surface area contributed by atoms with Crippen LogP contribution >= 0.6 is 0 Å². The molecule has 10 aromatic rings. The Morgan fingerprint density at radius 2 is 0.717 bits per heavy atom. The average molecular weight is 673 g/mol. The number of hydrogen-bond acceptors (Lipinski definition) is 0. The lowest BCUT2D eigenvalue weighted by Gasteiger charge is -2.24. The molecule has 0 nitrogen and oxygen atoms in total. The van der Waals surface area contributed by atoms with Gasteiger partial charge in [-0.2, -0.15) is 0 Å². The zero-order chi connectivity index (χ0) is 35.3. The molecular formula is C53H36. The minimum Gasteiger partial charge on any atom is -0.0622 e. The number of hydrogen-bond donors (Lipinski definition) is 0. The molecule has 11 rings (SSSR count). The van der Waals surface area contributed by atoms with Crippen molar-refractivity contribution in [3.8, 4) is 44.5 Å². The molecule has 0 heterocycles. The Hall–Kier alpha value is -6.50. The molecule has 10 aromatic carbocycles. The van der Waals surface area contributed by atoms with Crippen LogP contribution < -0.4 is 0 Å². The molecule has 53 heavy (non-hydrogen) atoms. The van der Waals surface area contributed by atoms with Gasteiger partial charge in [-0.25, -0.2) is 0 Å². The maximum absolute atomic E-state index is 2.48. The molecule has 0 saturated heterocycles. The van der Waals surface area contributed by atoms with Gasteiger partial charge in [0.25, 0.3) is 0 Å². The van der Waals surface area contributed by atoms with Crippen molar-refractivity contribution in [2.45, 2.75) is 19.3 Å². The van der Waals surface area contributed by atoms with Gasteiger partial charge in [0.05, 0.1) is 0 Å². The van der Waals surface area contributed by atoms with Crippen molar-refractivity contribution < 1.29 is 0 Å². The van der Waals surface area contributed by atoms with Gasteiger partial charge < -0.3 is 0 Å². The fourth-order valence-corrected chi connectivity index (χ4v) is 9.77. The van der Waals surface area contributed by atoms with Crippen LogP contribution in [-0.4, -0.2) is 0 Å². The average Bonchev–Trinajstić information content (AvgIpc) is 3.46. The van der Waals surface area contributed by atoms with Crippen LogP contribution in [0.15, 0.2) is 182 Å². The lowest BCUT2D eigenvalue weighted by atomic mass is 9.79. The standard InChI is InChI=1S/C53H36/c1-53(2)48-31-28-34(32-47(48)51-40-22-10-8-20-38(40)39-21-9-15-27-46(39)52(51)53)35-29-30-45(37-19-7-6-18-36(35)37)50-43-25-13-11-23-41(43)49(33-16-4-3-5-17-33)42-24-12-14-26-44(42)50/h3-32H,1-2H3. The first kappa shape index (κ1) is 30.2. The molecule has 0 saturated carbocycles. The Labute approximate surface area is 309 Å². The molecule has 1 aliphatic rings. The first-order valence-electron chi connectivity index (χ1n) is 18.7. The molecule has 1 aliphatic carbocycles. The molecule has 0 atom stereocenters. The first-order valence-corrected chi connectivity index (χ1v) is 18.7. The van der Waals surface area contributed by atoms with Crippen molar-refractivity contribution in [3.63, 3.8) is 0 Å². The second kappa shape index (κ2) is 11.2. The van der Waals surface area contributed by atoms with Gasteiger partial charge in [0, 0.05) is 5.41 Å². The minimum absolute atomic E-state index is 0.118. The third kappa shape index (κ3) is 4.24. The van der Waals surface area contributed by atoms with Gasteiger partial charge >= 0.3 is 0 Å². The van der Waals surface area contributed by atoms with Gasteiger partial charge in [-0.3, -0.25) is 0 Å². The van der Waals surface area contributed by atoms with E-state index in [1.165, 1.54) is 109 Å². The maximum atomic E-state index is 2.48. The van der Waals surface area contributed by atoms with E-state index in [1.807, 2.05) is 0 Å². The van der Waals surface area contributed by atoms with E-state index >= 15 is 0 Å². The Bertz CT molecular complexity index is 3070. The quantitative estimate of drug-likeness (QED) is 0.129. The number of fused-ring (bicyclic) bond motifs is 11. The Balaban J connectivity index is 1.17. The lowest BCUT2D eigenvalue weighted by molar-refractivity contribution is 0.666. The molecule has 248 valence electrons. The van der Waals surface area contributed by atoms with E-state index in [9.17, 15) is 0 Å². The molecule has 0 aliphatic heterocycles. The third-order valence-corrected chi connectivity index (χ3v) is 12.0. The second-order valence-corrected chi connectivity index (χ2v) is 15.1. The van der Waals surface area contributed by atoms with Crippen LogP contribution in [0.3, 0.4) is 0 Å². The zero-order valence-corrected chi connectivity index (χ0v) is 29.8. The SMILES string of the molecule is CC1(C)c2ccc(-c3ccc(-c4c5ccccc5c(-c5ccccc5)c5ccccc45)c4ccccc34)cc2-c2c1c1ccccc1c1ccccc21. The molecule has 0 aromatic heterocycles. The molecule has 0 radical (unpaired) electrons. The van der Waals surface area contributed by atoms with Crippen LogP contribution in [0.2, 0.25) is 0 Å². The highest BCUT2D eigenvalue weighted by Gasteiger charge is 2.38. The summed E-state index contributed by atoms with van der Waals surface area (Å²) in [6.45, 7) is 4.81. The van der Waals surface area contributed by atoms with Gasteiger partial charge in [-0.05, 0) is 116 Å². The van der Waals surface area contributed by atoms with Crippen LogP contribution in [0, 0.1) is 0 Å². The van der Waals surface area contributed by atoms with Crippen molar-refractivity contribution >= 4 is 53.9 Å². The smallest absolute Gasteiger partial charge is 0.0165 e. The summed E-state index contributed by atoms with van der Waals surface area (Å²) in [5.74, 6) is 0. The van der Waals surface area contributed by atoms with Crippen molar-refractivity contribution in [2.75, 3.05) is 0 Å². The van der Waals surface area contributed by atoms with Crippen molar-refractivity contribution in [3.05, 3.63) is 193 Å². The molecule has 0 spiro atoms. The van der Waals surface area contributed by atoms with Crippen LogP contribution in [0.5, 0.6) is 0 Å². The molecule has 0 bridgehead atoms. The van der Waals surface area contributed by atoms with Crippen molar-refractivity contribution in [2.24, 2.45) is 0 Å². The molecule has 0 unspecified atom stereocenters. The highest BCUT2D eigenvalue weighted by Crippen LogP contribution is 2.55. The van der Waals surface area contributed by atoms with E-state index < -0.39 is 0 Å². The Kier molecular flexibility index (Phi) is 6.40. The largest absolute Gasteiger partial charge is 0.0622 e. The van der Waals surface area contributed by atoms with E-state index in [-0.39, 0.29) is 5.41 Å². The van der Waals surface area contributed by atoms with E-state index in [0.717, 1.165) is 0 Å². The summed E-state index contributed by atoms with van der Waals surface area (Å²) in [4.78, 5) is 0. The topological polar surface area (TPSA) is 0 Å². The predicted octanol–water partition coefficient (Wildman–Crippen LogP) is 14.8. The summed E-state index contributed by atoms with van der Waals surface area (Å²) in [7, 11) is 0.